The molecule has 1 aliphatic heterocycles. The van der Waals surface area contributed by atoms with Gasteiger partial charge in [-0.3, -0.25) is 4.79 Å². The van der Waals surface area contributed by atoms with Crippen molar-refractivity contribution < 1.29 is 27.5 Å². The van der Waals surface area contributed by atoms with Crippen LogP contribution in [0.3, 0.4) is 0 Å². The zero-order valence-electron chi connectivity index (χ0n) is 11.8. The van der Waals surface area contributed by atoms with E-state index in [0.29, 0.717) is 31.5 Å². The summed E-state index contributed by atoms with van der Waals surface area (Å²) in [7, 11) is 0. The highest BCUT2D eigenvalue weighted by atomic mass is 19.4. The Labute approximate surface area is 125 Å². The molecule has 1 aromatic carbocycles. The summed E-state index contributed by atoms with van der Waals surface area (Å²) >= 11 is 0. The SMILES string of the molecule is O=C(c1ccc(F)cc1)C1CCN(CC(O)C(F)(F)F)CC1. The molecule has 0 bridgehead atoms. The number of halogens is 4. The zero-order valence-corrected chi connectivity index (χ0v) is 11.8. The lowest BCUT2D eigenvalue weighted by atomic mass is 9.89. The van der Waals surface area contributed by atoms with E-state index in [-0.39, 0.29) is 11.7 Å². The Morgan fingerprint density at radius 2 is 1.77 bits per heavy atom. The van der Waals surface area contributed by atoms with Crippen molar-refractivity contribution >= 4 is 5.78 Å². The van der Waals surface area contributed by atoms with E-state index in [1.807, 2.05) is 0 Å². The van der Waals surface area contributed by atoms with E-state index < -0.39 is 24.6 Å². The second kappa shape index (κ2) is 6.75. The molecule has 0 aliphatic carbocycles. The third kappa shape index (κ3) is 4.27. The van der Waals surface area contributed by atoms with Gasteiger partial charge in [0.2, 0.25) is 0 Å². The second-order valence-electron chi connectivity index (χ2n) is 5.50. The van der Waals surface area contributed by atoms with Crippen LogP contribution in [0.2, 0.25) is 0 Å². The van der Waals surface area contributed by atoms with Crippen LogP contribution in [0.4, 0.5) is 17.6 Å². The van der Waals surface area contributed by atoms with Crippen LogP contribution in [-0.2, 0) is 0 Å². The molecule has 22 heavy (non-hydrogen) atoms. The van der Waals surface area contributed by atoms with Gasteiger partial charge in [-0.25, -0.2) is 4.39 Å². The molecule has 0 amide bonds. The van der Waals surface area contributed by atoms with Crippen LogP contribution >= 0.6 is 0 Å². The van der Waals surface area contributed by atoms with Crippen LogP contribution in [0.25, 0.3) is 0 Å². The average molecular weight is 319 g/mol. The molecule has 1 fully saturated rings. The lowest BCUT2D eigenvalue weighted by molar-refractivity contribution is -0.208. The van der Waals surface area contributed by atoms with Gasteiger partial charge in [-0.15, -0.1) is 0 Å². The van der Waals surface area contributed by atoms with Gasteiger partial charge in [0, 0.05) is 18.0 Å². The fourth-order valence-corrected chi connectivity index (χ4v) is 2.58. The largest absolute Gasteiger partial charge is 0.415 e. The standard InChI is InChI=1S/C15H17F4NO2/c16-12-3-1-10(2-4-12)14(22)11-5-7-20(8-6-11)9-13(21)15(17,18)19/h1-4,11,13,21H,5-9H2. The Morgan fingerprint density at radius 3 is 2.27 bits per heavy atom. The maximum Gasteiger partial charge on any atom is 0.415 e. The smallest absolute Gasteiger partial charge is 0.382 e. The van der Waals surface area contributed by atoms with E-state index in [1.54, 1.807) is 0 Å². The molecule has 3 nitrogen and oxygen atoms in total. The van der Waals surface area contributed by atoms with E-state index in [4.69, 9.17) is 5.11 Å². The first-order valence-corrected chi connectivity index (χ1v) is 7.04. The molecule has 0 spiro atoms. The predicted octanol–water partition coefficient (Wildman–Crippen LogP) is 2.64. The van der Waals surface area contributed by atoms with Gasteiger partial charge in [0.15, 0.2) is 11.9 Å². The normalized spacial score (nSPS) is 19.1. The highest BCUT2D eigenvalue weighted by Gasteiger charge is 2.39. The highest BCUT2D eigenvalue weighted by Crippen LogP contribution is 2.25. The monoisotopic (exact) mass is 319 g/mol. The number of Topliss-reactive ketones (excluding diaryl/α,β-unsaturated/α-hetero) is 1. The third-order valence-electron chi connectivity index (χ3n) is 3.90. The number of hydrogen-bond acceptors (Lipinski definition) is 3. The minimum atomic E-state index is -4.62. The molecule has 1 atom stereocenters. The number of β-amino-alcohol motifs (C(OH)–C–C–N with tert-alkyl or cyclic N) is 1. The Kier molecular flexibility index (Phi) is 5.18. The summed E-state index contributed by atoms with van der Waals surface area (Å²) in [5, 5.41) is 9.05. The van der Waals surface area contributed by atoms with E-state index in [1.165, 1.54) is 29.2 Å². The highest BCUT2D eigenvalue weighted by molar-refractivity contribution is 5.97. The molecular formula is C15H17F4NO2. The van der Waals surface area contributed by atoms with Crippen molar-refractivity contribution in [3.8, 4) is 0 Å². The number of aliphatic hydroxyl groups excluding tert-OH is 1. The van der Waals surface area contributed by atoms with E-state index in [9.17, 15) is 22.4 Å². The quantitative estimate of drug-likeness (QED) is 0.685. The van der Waals surface area contributed by atoms with Gasteiger partial charge in [-0.05, 0) is 50.2 Å². The van der Waals surface area contributed by atoms with Crippen molar-refractivity contribution in [2.24, 2.45) is 5.92 Å². The predicted molar refractivity (Wildman–Crippen MR) is 72.0 cm³/mol. The summed E-state index contributed by atoms with van der Waals surface area (Å²) in [4.78, 5) is 13.7. The van der Waals surface area contributed by atoms with Crippen molar-refractivity contribution in [1.29, 1.82) is 0 Å². The number of likely N-dealkylation sites (tertiary alicyclic amines) is 1. The first-order chi connectivity index (χ1) is 10.3. The summed E-state index contributed by atoms with van der Waals surface area (Å²) in [6.45, 7) is 0.177. The van der Waals surface area contributed by atoms with Gasteiger partial charge in [-0.1, -0.05) is 0 Å². The van der Waals surface area contributed by atoms with Gasteiger partial charge < -0.3 is 10.0 Å². The molecule has 0 saturated carbocycles. The molecule has 1 unspecified atom stereocenters. The van der Waals surface area contributed by atoms with Crippen molar-refractivity contribution in [1.82, 2.24) is 4.90 Å². The molecule has 1 N–H and O–H groups in total. The number of carbonyl (C=O) groups is 1. The maximum absolute atomic E-state index is 12.8. The zero-order chi connectivity index (χ0) is 16.3. The van der Waals surface area contributed by atoms with Gasteiger partial charge in [-0.2, -0.15) is 13.2 Å². The fraction of sp³-hybridized carbons (Fsp3) is 0.533. The average Bonchev–Trinajstić information content (AvgIpc) is 2.47. The molecule has 7 heteroatoms. The number of rotatable bonds is 4. The second-order valence-corrected chi connectivity index (χ2v) is 5.50. The summed E-state index contributed by atoms with van der Waals surface area (Å²) in [5.41, 5.74) is 0.412. The first-order valence-electron chi connectivity index (χ1n) is 7.04. The number of nitrogens with zero attached hydrogens (tertiary/aromatic N) is 1. The summed E-state index contributed by atoms with van der Waals surface area (Å²) in [6, 6.07) is 5.25. The number of ketones is 1. The minimum absolute atomic E-state index is 0.115. The van der Waals surface area contributed by atoms with E-state index >= 15 is 0 Å². The van der Waals surface area contributed by atoms with Crippen LogP contribution in [0.15, 0.2) is 24.3 Å². The van der Waals surface area contributed by atoms with E-state index in [0.717, 1.165) is 0 Å². The molecule has 1 saturated heterocycles. The Morgan fingerprint density at radius 1 is 1.23 bits per heavy atom. The lowest BCUT2D eigenvalue weighted by Gasteiger charge is -2.32. The van der Waals surface area contributed by atoms with Gasteiger partial charge in [0.1, 0.15) is 5.82 Å². The Bertz CT molecular complexity index is 507. The van der Waals surface area contributed by atoms with Gasteiger partial charge >= 0.3 is 6.18 Å². The number of carbonyl (C=O) groups excluding carboxylic acids is 1. The topological polar surface area (TPSA) is 40.5 Å². The Hall–Kier alpha value is -1.47. The van der Waals surface area contributed by atoms with Crippen molar-refractivity contribution in [3.63, 3.8) is 0 Å². The van der Waals surface area contributed by atoms with Crippen LogP contribution < -0.4 is 0 Å². The molecule has 0 radical (unpaired) electrons. The van der Waals surface area contributed by atoms with Crippen LogP contribution in [0.5, 0.6) is 0 Å². The molecule has 1 heterocycles. The molecular weight excluding hydrogens is 302 g/mol. The molecule has 122 valence electrons. The summed E-state index contributed by atoms with van der Waals surface area (Å²) < 4.78 is 49.7. The minimum Gasteiger partial charge on any atom is -0.382 e. The van der Waals surface area contributed by atoms with Gasteiger partial charge in [0.25, 0.3) is 0 Å². The lowest BCUT2D eigenvalue weighted by Crippen LogP contribution is -2.45. The maximum atomic E-state index is 12.8. The number of alkyl halides is 3. The number of aliphatic hydroxyl groups is 1. The van der Waals surface area contributed by atoms with E-state index in [2.05, 4.69) is 0 Å². The number of piperidine rings is 1. The molecule has 2 rings (SSSR count). The molecule has 1 aliphatic rings. The third-order valence-corrected chi connectivity index (χ3v) is 3.90. The summed E-state index contributed by atoms with van der Waals surface area (Å²) in [5.74, 6) is -0.812. The van der Waals surface area contributed by atoms with Crippen LogP contribution in [0.1, 0.15) is 23.2 Å². The Balaban J connectivity index is 1.87. The molecule has 0 aromatic heterocycles. The fourth-order valence-electron chi connectivity index (χ4n) is 2.58. The number of benzene rings is 1. The molecule has 1 aromatic rings. The number of hydrogen-bond donors (Lipinski definition) is 1. The summed E-state index contributed by atoms with van der Waals surface area (Å²) in [6.07, 6.45) is -6.13. The van der Waals surface area contributed by atoms with Crippen molar-refractivity contribution in [3.05, 3.63) is 35.6 Å². The van der Waals surface area contributed by atoms with Crippen LogP contribution in [0, 0.1) is 11.7 Å². The van der Waals surface area contributed by atoms with Crippen molar-refractivity contribution in [2.45, 2.75) is 25.1 Å². The van der Waals surface area contributed by atoms with Crippen LogP contribution in [-0.4, -0.2) is 47.7 Å². The van der Waals surface area contributed by atoms with Crippen molar-refractivity contribution in [2.75, 3.05) is 19.6 Å². The van der Waals surface area contributed by atoms with Gasteiger partial charge in [0.05, 0.1) is 0 Å². The first kappa shape index (κ1) is 16.9.